The second-order valence-corrected chi connectivity index (χ2v) is 9.51. The number of anilines is 2. The lowest BCUT2D eigenvalue weighted by Gasteiger charge is -2.25. The van der Waals surface area contributed by atoms with E-state index >= 15 is 0 Å². The Bertz CT molecular complexity index is 1100. The van der Waals surface area contributed by atoms with E-state index in [2.05, 4.69) is 10.0 Å². The molecular weight excluding hydrogens is 384 g/mol. The second kappa shape index (κ2) is 7.36. The Balaban J connectivity index is 1.82. The fourth-order valence-corrected chi connectivity index (χ4v) is 5.50. The first-order valence-electron chi connectivity index (χ1n) is 8.93. The summed E-state index contributed by atoms with van der Waals surface area (Å²) in [6.45, 7) is 0. The number of hydrogen-bond acceptors (Lipinski definition) is 6. The maximum Gasteiger partial charge on any atom is 0.363 e. The first-order valence-corrected chi connectivity index (χ1v) is 11.3. The molecule has 2 aromatic heterocycles. The molecule has 142 valence electrons. The smallest absolute Gasteiger partial charge is 0.363 e. The SMILES string of the molecule is O=c1oc2ccccc2c(NC2CCCCC2)c1NS(=O)(=O)c1cccs1. The molecule has 1 fully saturated rings. The molecular formula is C19H20N2O4S2. The summed E-state index contributed by atoms with van der Waals surface area (Å²) in [7, 11) is -3.86. The van der Waals surface area contributed by atoms with Gasteiger partial charge >= 0.3 is 5.63 Å². The third kappa shape index (κ3) is 3.72. The molecule has 0 spiro atoms. The van der Waals surface area contributed by atoms with Crippen molar-refractivity contribution in [2.24, 2.45) is 0 Å². The van der Waals surface area contributed by atoms with Crippen LogP contribution in [-0.2, 0) is 10.0 Å². The van der Waals surface area contributed by atoms with Crippen molar-refractivity contribution in [1.82, 2.24) is 0 Å². The van der Waals surface area contributed by atoms with Crippen molar-refractivity contribution in [3.63, 3.8) is 0 Å². The standard InChI is InChI=1S/C19H20N2O4S2/c22-19-18(21-27(23,24)16-11-6-12-26-16)17(20-13-7-2-1-3-8-13)14-9-4-5-10-15(14)25-19/h4-6,9-13,20-21H,1-3,7-8H2. The van der Waals surface area contributed by atoms with Gasteiger partial charge in [-0.1, -0.05) is 37.5 Å². The highest BCUT2D eigenvalue weighted by molar-refractivity contribution is 7.94. The van der Waals surface area contributed by atoms with Crippen LogP contribution in [-0.4, -0.2) is 14.5 Å². The topological polar surface area (TPSA) is 88.4 Å². The van der Waals surface area contributed by atoms with Gasteiger partial charge in [0.15, 0.2) is 5.69 Å². The van der Waals surface area contributed by atoms with Crippen molar-refractivity contribution in [3.8, 4) is 0 Å². The van der Waals surface area contributed by atoms with E-state index in [1.54, 1.807) is 23.6 Å². The lowest BCUT2D eigenvalue weighted by atomic mass is 9.95. The summed E-state index contributed by atoms with van der Waals surface area (Å²) in [4.78, 5) is 12.6. The highest BCUT2D eigenvalue weighted by Gasteiger charge is 2.24. The molecule has 0 saturated heterocycles. The largest absolute Gasteiger partial charge is 0.421 e. The number of fused-ring (bicyclic) bond motifs is 1. The zero-order valence-corrected chi connectivity index (χ0v) is 16.2. The molecule has 6 nitrogen and oxygen atoms in total. The van der Waals surface area contributed by atoms with E-state index in [9.17, 15) is 13.2 Å². The molecule has 2 N–H and O–H groups in total. The van der Waals surface area contributed by atoms with E-state index in [-0.39, 0.29) is 15.9 Å². The molecule has 1 aromatic carbocycles. The van der Waals surface area contributed by atoms with Crippen LogP contribution in [0.5, 0.6) is 0 Å². The molecule has 1 saturated carbocycles. The van der Waals surface area contributed by atoms with Crippen LogP contribution in [0.15, 0.2) is 55.2 Å². The summed E-state index contributed by atoms with van der Waals surface area (Å²) in [5.74, 6) is 0. The summed E-state index contributed by atoms with van der Waals surface area (Å²) in [6, 6.07) is 10.5. The lowest BCUT2D eigenvalue weighted by Crippen LogP contribution is -2.26. The Morgan fingerprint density at radius 1 is 1.00 bits per heavy atom. The van der Waals surface area contributed by atoms with Gasteiger partial charge in [0, 0.05) is 11.4 Å². The minimum atomic E-state index is -3.86. The van der Waals surface area contributed by atoms with Gasteiger partial charge in [0.05, 0.1) is 5.69 Å². The maximum absolute atomic E-state index is 12.7. The molecule has 3 aromatic rings. The molecule has 1 aliphatic rings. The number of rotatable bonds is 5. The Labute approximate surface area is 161 Å². The van der Waals surface area contributed by atoms with Gasteiger partial charge in [0.25, 0.3) is 10.0 Å². The number of benzene rings is 1. The Kier molecular flexibility index (Phi) is 4.92. The van der Waals surface area contributed by atoms with Crippen LogP contribution in [0.1, 0.15) is 32.1 Å². The maximum atomic E-state index is 12.7. The number of thiophene rings is 1. The summed E-state index contributed by atoms with van der Waals surface area (Å²) in [5, 5.41) is 5.78. The summed E-state index contributed by atoms with van der Waals surface area (Å²) in [5.41, 5.74) is 0.161. The molecule has 0 amide bonds. The Hall–Kier alpha value is -2.32. The third-order valence-electron chi connectivity index (χ3n) is 4.76. The zero-order chi connectivity index (χ0) is 18.9. The third-order valence-corrected chi connectivity index (χ3v) is 7.51. The van der Waals surface area contributed by atoms with Crippen molar-refractivity contribution in [1.29, 1.82) is 0 Å². The van der Waals surface area contributed by atoms with Crippen LogP contribution in [0.3, 0.4) is 0 Å². The number of para-hydroxylation sites is 1. The van der Waals surface area contributed by atoms with Crippen molar-refractivity contribution in [3.05, 3.63) is 52.2 Å². The van der Waals surface area contributed by atoms with Gasteiger partial charge in [-0.15, -0.1) is 11.3 Å². The molecule has 8 heteroatoms. The van der Waals surface area contributed by atoms with Gasteiger partial charge in [-0.25, -0.2) is 13.2 Å². The van der Waals surface area contributed by atoms with Crippen LogP contribution in [0, 0.1) is 0 Å². The summed E-state index contributed by atoms with van der Waals surface area (Å²) < 4.78 is 33.3. The predicted octanol–water partition coefficient (Wildman–Crippen LogP) is 4.40. The van der Waals surface area contributed by atoms with Crippen LogP contribution >= 0.6 is 11.3 Å². The highest BCUT2D eigenvalue weighted by atomic mass is 32.2. The predicted molar refractivity (Wildman–Crippen MR) is 108 cm³/mol. The Morgan fingerprint density at radius 3 is 2.52 bits per heavy atom. The van der Waals surface area contributed by atoms with Gasteiger partial charge in [-0.2, -0.15) is 0 Å². The molecule has 2 heterocycles. The van der Waals surface area contributed by atoms with E-state index in [0.717, 1.165) is 37.0 Å². The molecule has 0 bridgehead atoms. The average Bonchev–Trinajstić information content (AvgIpc) is 3.21. The fourth-order valence-electron chi connectivity index (χ4n) is 3.44. The molecule has 0 aliphatic heterocycles. The van der Waals surface area contributed by atoms with E-state index < -0.39 is 15.6 Å². The molecule has 1 aliphatic carbocycles. The second-order valence-electron chi connectivity index (χ2n) is 6.65. The van der Waals surface area contributed by atoms with E-state index in [0.29, 0.717) is 16.7 Å². The van der Waals surface area contributed by atoms with E-state index in [1.807, 2.05) is 12.1 Å². The van der Waals surface area contributed by atoms with Gasteiger partial charge < -0.3 is 9.73 Å². The van der Waals surface area contributed by atoms with Gasteiger partial charge in [0.2, 0.25) is 0 Å². The van der Waals surface area contributed by atoms with Crippen LogP contribution in [0.25, 0.3) is 11.0 Å². The van der Waals surface area contributed by atoms with Gasteiger partial charge in [-0.3, -0.25) is 4.72 Å². The van der Waals surface area contributed by atoms with Crippen molar-refractivity contribution < 1.29 is 12.8 Å². The van der Waals surface area contributed by atoms with Crippen molar-refractivity contribution in [2.75, 3.05) is 10.0 Å². The summed E-state index contributed by atoms with van der Waals surface area (Å²) >= 11 is 1.10. The minimum absolute atomic E-state index is 0.0623. The lowest BCUT2D eigenvalue weighted by molar-refractivity contribution is 0.462. The minimum Gasteiger partial charge on any atom is -0.421 e. The number of nitrogens with one attached hydrogen (secondary N) is 2. The van der Waals surface area contributed by atoms with Crippen molar-refractivity contribution >= 4 is 43.7 Å². The number of hydrogen-bond donors (Lipinski definition) is 2. The van der Waals surface area contributed by atoms with Crippen LogP contribution < -0.4 is 15.7 Å². The first-order chi connectivity index (χ1) is 13.0. The van der Waals surface area contributed by atoms with Gasteiger partial charge in [-0.05, 0) is 36.4 Å². The molecule has 0 radical (unpaired) electrons. The summed E-state index contributed by atoms with van der Waals surface area (Å²) in [6.07, 6.45) is 5.42. The first kappa shape index (κ1) is 18.1. The highest BCUT2D eigenvalue weighted by Crippen LogP contribution is 2.33. The Morgan fingerprint density at radius 2 is 1.78 bits per heavy atom. The zero-order valence-electron chi connectivity index (χ0n) is 14.6. The van der Waals surface area contributed by atoms with E-state index in [4.69, 9.17) is 4.42 Å². The normalized spacial score (nSPS) is 15.7. The average molecular weight is 405 g/mol. The molecule has 27 heavy (non-hydrogen) atoms. The quantitative estimate of drug-likeness (QED) is 0.615. The fraction of sp³-hybridized carbons (Fsp3) is 0.316. The molecule has 4 rings (SSSR count). The van der Waals surface area contributed by atoms with Gasteiger partial charge in [0.1, 0.15) is 9.79 Å². The molecule has 0 unspecified atom stereocenters. The van der Waals surface area contributed by atoms with E-state index in [1.165, 1.54) is 12.5 Å². The monoisotopic (exact) mass is 404 g/mol. The van der Waals surface area contributed by atoms with Crippen LogP contribution in [0.2, 0.25) is 0 Å². The number of sulfonamides is 1. The molecule has 0 atom stereocenters. The van der Waals surface area contributed by atoms with Crippen LogP contribution in [0.4, 0.5) is 11.4 Å². The van der Waals surface area contributed by atoms with Crippen molar-refractivity contribution in [2.45, 2.75) is 42.4 Å².